The Morgan fingerprint density at radius 3 is 1.19 bits per heavy atom. The van der Waals surface area contributed by atoms with E-state index >= 15 is 0 Å². The molecule has 348 valence electrons. The normalized spacial score (nSPS) is 11.2. The van der Waals surface area contributed by atoms with Gasteiger partial charge in [-0.3, -0.25) is 4.90 Å². The molecule has 0 atom stereocenters. The van der Waals surface area contributed by atoms with Crippen molar-refractivity contribution < 1.29 is 0 Å². The van der Waals surface area contributed by atoms with Crippen LogP contribution in [0.4, 0.5) is 34.4 Å². The highest BCUT2D eigenvalue weighted by molar-refractivity contribution is 6.05. The van der Waals surface area contributed by atoms with E-state index in [4.69, 9.17) is 15.0 Å². The molecule has 10 aromatic carbocycles. The van der Waals surface area contributed by atoms with Gasteiger partial charge in [0.25, 0.3) is 0 Å². The van der Waals surface area contributed by atoms with Crippen molar-refractivity contribution in [3.8, 4) is 56.2 Å². The third-order valence-corrected chi connectivity index (χ3v) is 13.6. The van der Waals surface area contributed by atoms with Gasteiger partial charge in [-0.05, 0) is 145 Å². The summed E-state index contributed by atoms with van der Waals surface area (Å²) in [6, 6.07) is 79.8. The third kappa shape index (κ3) is 8.93. The lowest BCUT2D eigenvalue weighted by Gasteiger charge is -2.32. The van der Waals surface area contributed by atoms with Gasteiger partial charge in [0.05, 0.1) is 17.1 Å². The highest BCUT2D eigenvalue weighted by Gasteiger charge is 2.25. The number of aryl methyl sites for hydroxylation is 6. The average Bonchev–Trinajstić information content (AvgIpc) is 3.41. The fraction of sp³-hybridized carbons (Fsp3) is 0.0896. The molecule has 0 bridgehead atoms. The summed E-state index contributed by atoms with van der Waals surface area (Å²) in [5.74, 6) is 1.66. The van der Waals surface area contributed by atoms with Crippen molar-refractivity contribution >= 4 is 45.2 Å². The Labute approximate surface area is 423 Å². The van der Waals surface area contributed by atoms with Crippen LogP contribution < -0.4 is 9.80 Å². The maximum absolute atomic E-state index is 5.58. The van der Waals surface area contributed by atoms with E-state index in [0.29, 0.717) is 17.6 Å². The van der Waals surface area contributed by atoms with E-state index in [2.05, 4.69) is 258 Å². The summed E-state index contributed by atoms with van der Waals surface area (Å²) in [4.78, 5) is 21.0. The Bertz CT molecular complexity index is 3570. The van der Waals surface area contributed by atoms with Crippen molar-refractivity contribution in [2.75, 3.05) is 9.80 Å². The quantitative estimate of drug-likeness (QED) is 0.129. The predicted molar refractivity (Wildman–Crippen MR) is 302 cm³/mol. The number of aromatic nitrogens is 3. The second kappa shape index (κ2) is 19.5. The van der Waals surface area contributed by atoms with Gasteiger partial charge in [-0.2, -0.15) is 9.97 Å². The molecular weight excluding hydrogens is 875 g/mol. The number of hydrogen-bond donors (Lipinski definition) is 0. The molecule has 72 heavy (non-hydrogen) atoms. The largest absolute Gasteiger partial charge is 0.309 e. The molecule has 11 rings (SSSR count). The summed E-state index contributed by atoms with van der Waals surface area (Å²) in [7, 11) is 0. The molecule has 0 saturated carbocycles. The van der Waals surface area contributed by atoms with Crippen molar-refractivity contribution in [2.45, 2.75) is 41.5 Å². The highest BCUT2D eigenvalue weighted by Crippen LogP contribution is 2.46. The lowest BCUT2D eigenvalue weighted by Crippen LogP contribution is -2.17. The number of hydrogen-bond acceptors (Lipinski definition) is 5. The smallest absolute Gasteiger partial charge is 0.238 e. The Hall–Kier alpha value is -8.93. The molecule has 5 nitrogen and oxygen atoms in total. The van der Waals surface area contributed by atoms with E-state index < -0.39 is 0 Å². The molecule has 0 aliphatic carbocycles. The number of nitrogens with zero attached hydrogens (tertiary/aromatic N) is 5. The van der Waals surface area contributed by atoms with E-state index in [1.54, 1.807) is 0 Å². The Kier molecular flexibility index (Phi) is 12.3. The highest BCUT2D eigenvalue weighted by atomic mass is 15.3. The molecule has 0 radical (unpaired) electrons. The molecule has 0 aliphatic rings. The molecule has 1 heterocycles. The van der Waals surface area contributed by atoms with Gasteiger partial charge in [0.15, 0.2) is 11.6 Å². The average molecular weight is 930 g/mol. The van der Waals surface area contributed by atoms with Crippen LogP contribution in [0.3, 0.4) is 0 Å². The zero-order chi connectivity index (χ0) is 49.3. The lowest BCUT2D eigenvalue weighted by molar-refractivity contribution is 1.02. The van der Waals surface area contributed by atoms with Crippen LogP contribution in [0.1, 0.15) is 33.4 Å². The minimum Gasteiger partial charge on any atom is -0.309 e. The minimum absolute atomic E-state index is 0.498. The first-order valence-electron chi connectivity index (χ1n) is 24.7. The summed E-state index contributed by atoms with van der Waals surface area (Å²) in [5, 5.41) is 2.19. The fourth-order valence-electron chi connectivity index (χ4n) is 10.6. The van der Waals surface area contributed by atoms with E-state index in [-0.39, 0.29) is 0 Å². The SMILES string of the molecule is Cc1cc(C)c(N(c2ccc(N(c3cc(-c4ccccc4)cc(-c4ccccc4)c3)c3nc(-c4ccccc4)nc(-c4cccc5cccc(-c6ccccc6)c45)n3)cc2)c2c(C)cc(C)cc2C)c(C)c1. The molecule has 5 heteroatoms. The van der Waals surface area contributed by atoms with Crippen LogP contribution in [-0.4, -0.2) is 15.0 Å². The van der Waals surface area contributed by atoms with E-state index in [1.807, 2.05) is 18.2 Å². The van der Waals surface area contributed by atoms with Crippen LogP contribution in [-0.2, 0) is 0 Å². The zero-order valence-corrected chi connectivity index (χ0v) is 41.6. The zero-order valence-electron chi connectivity index (χ0n) is 41.6. The minimum atomic E-state index is 0.498. The maximum atomic E-state index is 5.58. The van der Waals surface area contributed by atoms with Crippen molar-refractivity contribution in [3.63, 3.8) is 0 Å². The number of anilines is 6. The Morgan fingerprint density at radius 1 is 0.292 bits per heavy atom. The van der Waals surface area contributed by atoms with Crippen LogP contribution in [0.25, 0.3) is 66.9 Å². The van der Waals surface area contributed by atoms with Crippen molar-refractivity contribution in [3.05, 3.63) is 258 Å². The first-order chi connectivity index (χ1) is 35.2. The van der Waals surface area contributed by atoms with Gasteiger partial charge in [0, 0.05) is 27.9 Å². The molecule has 0 N–H and O–H groups in total. The fourth-order valence-corrected chi connectivity index (χ4v) is 10.6. The monoisotopic (exact) mass is 929 g/mol. The lowest BCUT2D eigenvalue weighted by atomic mass is 9.94. The van der Waals surface area contributed by atoms with Crippen LogP contribution in [0.2, 0.25) is 0 Å². The Balaban J connectivity index is 1.18. The molecule has 0 fully saturated rings. The van der Waals surface area contributed by atoms with Gasteiger partial charge >= 0.3 is 0 Å². The molecule has 1 aromatic heterocycles. The van der Waals surface area contributed by atoms with Crippen molar-refractivity contribution in [1.82, 2.24) is 15.0 Å². The standard InChI is InChI=1S/C67H55N5/c1-44-37-46(3)63(47(4)38-44)72(64-48(5)39-45(2)40-49(64)6)58-35-33-57(34-36-58)71(59-42-55(50-21-11-7-12-22-50)41-56(43-59)51-23-13-8-14-24-51)67-69-65(54-27-17-10-18-28-54)68-66(70-67)61-32-20-30-53-29-19-31-60(62(53)61)52-25-15-9-16-26-52/h7-43H,1-6H3. The molecule has 0 unspecified atom stereocenters. The second-order valence-corrected chi connectivity index (χ2v) is 18.9. The Morgan fingerprint density at radius 2 is 0.708 bits per heavy atom. The molecule has 0 spiro atoms. The molecular formula is C67H55N5. The van der Waals surface area contributed by atoms with Gasteiger partial charge in [-0.15, -0.1) is 0 Å². The molecule has 0 amide bonds. The van der Waals surface area contributed by atoms with Crippen molar-refractivity contribution in [1.29, 1.82) is 0 Å². The van der Waals surface area contributed by atoms with Gasteiger partial charge in [0.1, 0.15) is 0 Å². The van der Waals surface area contributed by atoms with Crippen LogP contribution >= 0.6 is 0 Å². The number of rotatable bonds is 11. The van der Waals surface area contributed by atoms with Crippen molar-refractivity contribution in [2.24, 2.45) is 0 Å². The van der Waals surface area contributed by atoms with E-state index in [1.165, 1.54) is 44.8 Å². The third-order valence-electron chi connectivity index (χ3n) is 13.6. The topological polar surface area (TPSA) is 45.2 Å². The summed E-state index contributed by atoms with van der Waals surface area (Å²) in [5.41, 5.74) is 21.1. The molecule has 0 saturated heterocycles. The van der Waals surface area contributed by atoms with Gasteiger partial charge in [-0.25, -0.2) is 4.98 Å². The van der Waals surface area contributed by atoms with Gasteiger partial charge in [-0.1, -0.05) is 193 Å². The summed E-state index contributed by atoms with van der Waals surface area (Å²) < 4.78 is 0. The maximum Gasteiger partial charge on any atom is 0.238 e. The van der Waals surface area contributed by atoms with Crippen LogP contribution in [0, 0.1) is 41.5 Å². The predicted octanol–water partition coefficient (Wildman–Crippen LogP) is 18.1. The first kappa shape index (κ1) is 45.5. The molecule has 11 aromatic rings. The van der Waals surface area contributed by atoms with Crippen LogP contribution in [0.15, 0.2) is 224 Å². The molecule has 0 aliphatic heterocycles. The van der Waals surface area contributed by atoms with Gasteiger partial charge < -0.3 is 4.90 Å². The number of fused-ring (bicyclic) bond motifs is 1. The second-order valence-electron chi connectivity index (χ2n) is 18.9. The first-order valence-corrected chi connectivity index (χ1v) is 24.7. The number of benzene rings is 10. The van der Waals surface area contributed by atoms with Gasteiger partial charge in [0.2, 0.25) is 5.95 Å². The van der Waals surface area contributed by atoms with Crippen LogP contribution in [0.5, 0.6) is 0 Å². The van der Waals surface area contributed by atoms with E-state index in [9.17, 15) is 0 Å². The van der Waals surface area contributed by atoms with E-state index in [0.717, 1.165) is 72.3 Å². The summed E-state index contributed by atoms with van der Waals surface area (Å²) in [6.45, 7) is 13.2. The summed E-state index contributed by atoms with van der Waals surface area (Å²) in [6.07, 6.45) is 0. The summed E-state index contributed by atoms with van der Waals surface area (Å²) >= 11 is 0.